The first-order valence-electron chi connectivity index (χ1n) is 8.57. The molecule has 130 valence electrons. The Morgan fingerprint density at radius 3 is 2.48 bits per heavy atom. The highest BCUT2D eigenvalue weighted by molar-refractivity contribution is 6.06. The molecule has 0 aromatic heterocycles. The fraction of sp³-hybridized carbons (Fsp3) is 0.300. The van der Waals surface area contributed by atoms with Gasteiger partial charge in [-0.3, -0.25) is 9.59 Å². The molecule has 0 aliphatic heterocycles. The number of hydrogen-bond donors (Lipinski definition) is 2. The first kappa shape index (κ1) is 17.0. The zero-order chi connectivity index (χ0) is 17.6. The molecule has 2 aromatic carbocycles. The molecule has 1 fully saturated rings. The van der Waals surface area contributed by atoms with Crippen LogP contribution >= 0.6 is 0 Å². The minimum Gasteiger partial charge on any atom is -0.493 e. The van der Waals surface area contributed by atoms with Gasteiger partial charge in [-0.15, -0.1) is 0 Å². The number of ether oxygens (including phenoxy) is 1. The zero-order valence-corrected chi connectivity index (χ0v) is 14.2. The number of amides is 2. The first-order valence-corrected chi connectivity index (χ1v) is 8.57. The van der Waals surface area contributed by atoms with Crippen molar-refractivity contribution in [2.45, 2.75) is 32.2 Å². The van der Waals surface area contributed by atoms with Crippen LogP contribution in [0.3, 0.4) is 0 Å². The lowest BCUT2D eigenvalue weighted by Crippen LogP contribution is -2.26. The highest BCUT2D eigenvalue weighted by atomic mass is 16.5. The highest BCUT2D eigenvalue weighted by Gasteiger charge is 2.23. The van der Waals surface area contributed by atoms with Gasteiger partial charge in [0.05, 0.1) is 18.6 Å². The predicted octanol–water partition coefficient (Wildman–Crippen LogP) is 3.16. The molecule has 0 spiro atoms. The summed E-state index contributed by atoms with van der Waals surface area (Å²) in [7, 11) is 0. The van der Waals surface area contributed by atoms with E-state index in [1.54, 1.807) is 30.3 Å². The Labute approximate surface area is 147 Å². The van der Waals surface area contributed by atoms with Crippen LogP contribution < -0.4 is 15.4 Å². The molecule has 0 radical (unpaired) electrons. The number of carbonyl (C=O) groups is 2. The molecule has 2 aromatic rings. The maximum absolute atomic E-state index is 12.4. The Morgan fingerprint density at radius 1 is 1.08 bits per heavy atom. The van der Waals surface area contributed by atoms with Crippen LogP contribution in [0.25, 0.3) is 0 Å². The van der Waals surface area contributed by atoms with Crippen molar-refractivity contribution >= 4 is 17.5 Å². The van der Waals surface area contributed by atoms with E-state index < -0.39 is 0 Å². The lowest BCUT2D eigenvalue weighted by atomic mass is 10.1. The molecular formula is C20H22N2O3. The lowest BCUT2D eigenvalue weighted by Gasteiger charge is -2.11. The summed E-state index contributed by atoms with van der Waals surface area (Å²) in [6.45, 7) is 2.38. The Bertz CT molecular complexity index is 752. The number of hydrogen-bond acceptors (Lipinski definition) is 3. The fourth-order valence-corrected chi connectivity index (χ4v) is 2.53. The van der Waals surface area contributed by atoms with E-state index in [0.29, 0.717) is 36.1 Å². The van der Waals surface area contributed by atoms with Crippen LogP contribution in [-0.2, 0) is 11.2 Å². The summed E-state index contributed by atoms with van der Waals surface area (Å²) in [5, 5.41) is 5.83. The van der Waals surface area contributed by atoms with Crippen LogP contribution in [0.15, 0.2) is 48.5 Å². The van der Waals surface area contributed by atoms with Crippen LogP contribution in [0.1, 0.15) is 35.7 Å². The van der Waals surface area contributed by atoms with Gasteiger partial charge in [0.25, 0.3) is 5.91 Å². The van der Waals surface area contributed by atoms with Crippen LogP contribution in [0, 0.1) is 0 Å². The average molecular weight is 338 g/mol. The third-order valence-electron chi connectivity index (χ3n) is 3.95. The Balaban J connectivity index is 1.61. The van der Waals surface area contributed by atoms with Gasteiger partial charge in [-0.25, -0.2) is 0 Å². The zero-order valence-electron chi connectivity index (χ0n) is 14.2. The summed E-state index contributed by atoms with van der Waals surface area (Å²) in [6, 6.07) is 14.9. The Kier molecular flexibility index (Phi) is 5.33. The van der Waals surface area contributed by atoms with Gasteiger partial charge in [0, 0.05) is 11.7 Å². The fourth-order valence-electron chi connectivity index (χ4n) is 2.53. The van der Waals surface area contributed by atoms with Crippen molar-refractivity contribution < 1.29 is 14.3 Å². The molecule has 0 unspecified atom stereocenters. The number of carbonyl (C=O) groups excluding carboxylic acids is 2. The van der Waals surface area contributed by atoms with Gasteiger partial charge < -0.3 is 15.4 Å². The second-order valence-corrected chi connectivity index (χ2v) is 6.10. The second kappa shape index (κ2) is 7.83. The topological polar surface area (TPSA) is 67.4 Å². The van der Waals surface area contributed by atoms with E-state index in [1.165, 1.54) is 0 Å². The molecule has 1 aliphatic carbocycles. The van der Waals surface area contributed by atoms with Crippen LogP contribution in [0.5, 0.6) is 5.75 Å². The molecule has 2 N–H and O–H groups in total. The first-order chi connectivity index (χ1) is 12.2. The Morgan fingerprint density at radius 2 is 1.80 bits per heavy atom. The van der Waals surface area contributed by atoms with Crippen molar-refractivity contribution in [2.75, 3.05) is 11.9 Å². The normalized spacial score (nSPS) is 13.2. The average Bonchev–Trinajstić information content (AvgIpc) is 3.41. The predicted molar refractivity (Wildman–Crippen MR) is 96.9 cm³/mol. The van der Waals surface area contributed by atoms with Gasteiger partial charge in [-0.1, -0.05) is 24.3 Å². The van der Waals surface area contributed by atoms with Crippen molar-refractivity contribution in [3.8, 4) is 5.75 Å². The van der Waals surface area contributed by atoms with Crippen molar-refractivity contribution in [3.05, 3.63) is 59.7 Å². The minimum absolute atomic E-state index is 0.0462. The van der Waals surface area contributed by atoms with E-state index in [1.807, 2.05) is 25.1 Å². The molecule has 0 saturated heterocycles. The van der Waals surface area contributed by atoms with Gasteiger partial charge in [0.2, 0.25) is 5.91 Å². The summed E-state index contributed by atoms with van der Waals surface area (Å²) >= 11 is 0. The van der Waals surface area contributed by atoms with E-state index in [4.69, 9.17) is 4.74 Å². The van der Waals surface area contributed by atoms with Crippen molar-refractivity contribution in [3.63, 3.8) is 0 Å². The second-order valence-electron chi connectivity index (χ2n) is 6.10. The molecule has 25 heavy (non-hydrogen) atoms. The van der Waals surface area contributed by atoms with Gasteiger partial charge in [-0.05, 0) is 49.6 Å². The molecule has 0 bridgehead atoms. The molecule has 3 rings (SSSR count). The lowest BCUT2D eigenvalue weighted by molar-refractivity contribution is -0.120. The number of nitrogens with one attached hydrogen (secondary N) is 2. The van der Waals surface area contributed by atoms with E-state index in [9.17, 15) is 9.59 Å². The monoisotopic (exact) mass is 338 g/mol. The molecular weight excluding hydrogens is 316 g/mol. The van der Waals surface area contributed by atoms with E-state index >= 15 is 0 Å². The highest BCUT2D eigenvalue weighted by Crippen LogP contribution is 2.21. The van der Waals surface area contributed by atoms with Gasteiger partial charge in [0.15, 0.2) is 0 Å². The van der Waals surface area contributed by atoms with Crippen molar-refractivity contribution in [1.29, 1.82) is 0 Å². The van der Waals surface area contributed by atoms with Crippen molar-refractivity contribution in [1.82, 2.24) is 5.32 Å². The quantitative estimate of drug-likeness (QED) is 0.815. The number of para-hydroxylation sites is 1. The molecule has 0 atom stereocenters. The number of rotatable bonds is 7. The van der Waals surface area contributed by atoms with E-state index in [2.05, 4.69) is 10.6 Å². The van der Waals surface area contributed by atoms with E-state index in [0.717, 1.165) is 18.4 Å². The molecule has 2 amide bonds. The number of benzene rings is 2. The van der Waals surface area contributed by atoms with Crippen molar-refractivity contribution in [2.24, 2.45) is 0 Å². The third-order valence-corrected chi connectivity index (χ3v) is 3.95. The number of anilines is 1. The molecule has 1 aliphatic rings. The van der Waals surface area contributed by atoms with Gasteiger partial charge >= 0.3 is 0 Å². The smallest absolute Gasteiger partial charge is 0.259 e. The summed E-state index contributed by atoms with van der Waals surface area (Å²) in [5.41, 5.74) is 2.10. The van der Waals surface area contributed by atoms with E-state index in [-0.39, 0.29) is 11.8 Å². The minimum atomic E-state index is -0.219. The SMILES string of the molecule is CCOc1ccccc1C(=O)Nc1ccc(CC(=O)NC2CC2)cc1. The third kappa shape index (κ3) is 4.83. The van der Waals surface area contributed by atoms with Crippen LogP contribution in [-0.4, -0.2) is 24.5 Å². The maximum Gasteiger partial charge on any atom is 0.259 e. The Hall–Kier alpha value is -2.82. The van der Waals surface area contributed by atoms with Crippen LogP contribution in [0.2, 0.25) is 0 Å². The summed E-state index contributed by atoms with van der Waals surface area (Å²) < 4.78 is 5.49. The molecule has 5 nitrogen and oxygen atoms in total. The molecule has 0 heterocycles. The largest absolute Gasteiger partial charge is 0.493 e. The van der Waals surface area contributed by atoms with Gasteiger partial charge in [0.1, 0.15) is 5.75 Å². The summed E-state index contributed by atoms with van der Waals surface area (Å²) in [4.78, 5) is 24.3. The summed E-state index contributed by atoms with van der Waals surface area (Å²) in [5.74, 6) is 0.393. The summed E-state index contributed by atoms with van der Waals surface area (Å²) in [6.07, 6.45) is 2.53. The van der Waals surface area contributed by atoms with Crippen LogP contribution in [0.4, 0.5) is 5.69 Å². The molecule has 5 heteroatoms. The van der Waals surface area contributed by atoms with Gasteiger partial charge in [-0.2, -0.15) is 0 Å². The molecule has 1 saturated carbocycles. The maximum atomic E-state index is 12.4. The standard InChI is InChI=1S/C20H22N2O3/c1-2-25-18-6-4-3-5-17(18)20(24)22-16-9-7-14(8-10-16)13-19(23)21-15-11-12-15/h3-10,15H,2,11-13H2,1H3,(H,21,23)(H,22,24).